The lowest BCUT2D eigenvalue weighted by molar-refractivity contribution is -0.137. The number of alkyl halides is 1. The van der Waals surface area contributed by atoms with Crippen LogP contribution in [0.5, 0.6) is 0 Å². The van der Waals surface area contributed by atoms with Gasteiger partial charge in [-0.05, 0) is 27.7 Å². The first-order valence-corrected chi connectivity index (χ1v) is 5.66. The summed E-state index contributed by atoms with van der Waals surface area (Å²) < 4.78 is 9.57. The molecule has 0 bridgehead atoms. The molecule has 0 aromatic carbocycles. The lowest BCUT2D eigenvalue weighted by atomic mass is 10.2. The van der Waals surface area contributed by atoms with Gasteiger partial charge in [0.15, 0.2) is 6.07 Å². The molecule has 6 heteroatoms. The first-order valence-electron chi connectivity index (χ1n) is 5.13. The molecular formula is C11H18ClNO4. The molecule has 0 rings (SSSR count). The fraction of sp³-hybridized carbons (Fsp3) is 0.636. The molecule has 5 nitrogen and oxygen atoms in total. The Morgan fingerprint density at radius 3 is 2.41 bits per heavy atom. The Balaban J connectivity index is 4.01. The summed E-state index contributed by atoms with van der Waals surface area (Å²) in [5.74, 6) is -0.508. The molecule has 0 fully saturated rings. The number of nitrogens with one attached hydrogen (secondary N) is 1. The first-order chi connectivity index (χ1) is 7.76. The van der Waals surface area contributed by atoms with E-state index in [2.05, 4.69) is 10.1 Å². The summed E-state index contributed by atoms with van der Waals surface area (Å²) in [6, 6.07) is -0.191. The number of esters is 1. The number of ether oxygens (including phenoxy) is 2. The van der Waals surface area contributed by atoms with Crippen molar-refractivity contribution >= 4 is 23.7 Å². The number of carbonyl (C=O) groups is 2. The van der Waals surface area contributed by atoms with Crippen LogP contribution in [0, 0.1) is 0 Å². The zero-order valence-electron chi connectivity index (χ0n) is 10.5. The van der Waals surface area contributed by atoms with Gasteiger partial charge in [-0.3, -0.25) is 0 Å². The average Bonchev–Trinajstić information content (AvgIpc) is 2.14. The number of halogens is 1. The predicted octanol–water partition coefficient (Wildman–Crippen LogP) is 2.20. The van der Waals surface area contributed by atoms with Gasteiger partial charge in [-0.2, -0.15) is 0 Å². The summed E-state index contributed by atoms with van der Waals surface area (Å²) in [5.41, 5.74) is -0.165. The number of hydrogen-bond donors (Lipinski definition) is 1. The molecule has 0 aliphatic carbocycles. The van der Waals surface area contributed by atoms with Gasteiger partial charge in [-0.1, -0.05) is 17.7 Å². The number of hydrogen-bond acceptors (Lipinski definition) is 4. The Morgan fingerprint density at radius 2 is 1.94 bits per heavy atom. The van der Waals surface area contributed by atoms with Crippen LogP contribution in [-0.4, -0.2) is 30.3 Å². The van der Waals surface area contributed by atoms with Crippen LogP contribution in [-0.2, 0) is 14.3 Å². The molecule has 1 amide bonds. The third-order valence-electron chi connectivity index (χ3n) is 1.56. The van der Waals surface area contributed by atoms with Gasteiger partial charge in [0.25, 0.3) is 0 Å². The number of alkyl carbamates (subject to hydrolysis) is 1. The minimum atomic E-state index is -0.541. The Hall–Kier alpha value is -1.23. The van der Waals surface area contributed by atoms with Gasteiger partial charge < -0.3 is 14.8 Å². The SMILES string of the molecule is C/C(=C\CNC(=O)OC(C)(C)C)C(=O)OCCl. The van der Waals surface area contributed by atoms with Crippen molar-refractivity contribution in [3.63, 3.8) is 0 Å². The van der Waals surface area contributed by atoms with E-state index in [4.69, 9.17) is 16.3 Å². The van der Waals surface area contributed by atoms with Crippen molar-refractivity contribution in [1.29, 1.82) is 0 Å². The van der Waals surface area contributed by atoms with Crippen LogP contribution >= 0.6 is 11.6 Å². The van der Waals surface area contributed by atoms with E-state index in [1.54, 1.807) is 27.7 Å². The van der Waals surface area contributed by atoms with Crippen LogP contribution in [0.2, 0.25) is 0 Å². The van der Waals surface area contributed by atoms with Crippen LogP contribution in [0.1, 0.15) is 27.7 Å². The van der Waals surface area contributed by atoms with Gasteiger partial charge in [0.05, 0.1) is 0 Å². The lowest BCUT2D eigenvalue weighted by Crippen LogP contribution is -2.32. The van der Waals surface area contributed by atoms with E-state index in [1.807, 2.05) is 0 Å². The van der Waals surface area contributed by atoms with Gasteiger partial charge in [-0.15, -0.1) is 0 Å². The standard InChI is InChI=1S/C11H18ClNO4/c1-8(9(14)16-7-12)5-6-13-10(15)17-11(2,3)4/h5H,6-7H2,1-4H3,(H,13,15)/b8-5+. The molecule has 0 aliphatic heterocycles. The highest BCUT2D eigenvalue weighted by molar-refractivity contribution is 6.17. The average molecular weight is 264 g/mol. The fourth-order valence-electron chi connectivity index (χ4n) is 0.848. The minimum absolute atomic E-state index is 0.191. The lowest BCUT2D eigenvalue weighted by Gasteiger charge is -2.19. The summed E-state index contributed by atoms with van der Waals surface area (Å²) >= 11 is 5.24. The van der Waals surface area contributed by atoms with E-state index in [0.29, 0.717) is 5.57 Å². The van der Waals surface area contributed by atoms with Gasteiger partial charge in [-0.25, -0.2) is 9.59 Å². The maximum absolute atomic E-state index is 11.2. The van der Waals surface area contributed by atoms with Crippen LogP contribution in [0.25, 0.3) is 0 Å². The summed E-state index contributed by atoms with van der Waals surface area (Å²) in [6.45, 7) is 7.08. The zero-order valence-corrected chi connectivity index (χ0v) is 11.3. The van der Waals surface area contributed by atoms with E-state index in [0.717, 1.165) is 0 Å². The van der Waals surface area contributed by atoms with E-state index in [9.17, 15) is 9.59 Å². The van der Waals surface area contributed by atoms with E-state index in [1.165, 1.54) is 6.08 Å². The Morgan fingerprint density at radius 1 is 1.35 bits per heavy atom. The molecule has 98 valence electrons. The monoisotopic (exact) mass is 263 g/mol. The van der Waals surface area contributed by atoms with Crippen LogP contribution < -0.4 is 5.32 Å². The molecule has 0 saturated carbocycles. The van der Waals surface area contributed by atoms with Crippen molar-refractivity contribution < 1.29 is 19.1 Å². The first kappa shape index (κ1) is 15.8. The van der Waals surface area contributed by atoms with Gasteiger partial charge in [0.2, 0.25) is 0 Å². The van der Waals surface area contributed by atoms with E-state index in [-0.39, 0.29) is 12.6 Å². The van der Waals surface area contributed by atoms with Crippen molar-refractivity contribution in [3.05, 3.63) is 11.6 Å². The summed E-state index contributed by atoms with van der Waals surface area (Å²) in [7, 11) is 0. The molecular weight excluding hydrogens is 246 g/mol. The number of rotatable bonds is 4. The maximum Gasteiger partial charge on any atom is 0.407 e. The second-order valence-electron chi connectivity index (χ2n) is 4.31. The Kier molecular flexibility index (Phi) is 6.65. The maximum atomic E-state index is 11.2. The minimum Gasteiger partial charge on any atom is -0.446 e. The van der Waals surface area contributed by atoms with Crippen molar-refractivity contribution in [2.45, 2.75) is 33.3 Å². The number of carbonyl (C=O) groups excluding carboxylic acids is 2. The molecule has 0 atom stereocenters. The normalized spacial score (nSPS) is 11.9. The smallest absolute Gasteiger partial charge is 0.407 e. The van der Waals surface area contributed by atoms with Crippen LogP contribution in [0.3, 0.4) is 0 Å². The molecule has 0 saturated heterocycles. The molecule has 0 unspecified atom stereocenters. The molecule has 0 aromatic heterocycles. The number of amides is 1. The molecule has 17 heavy (non-hydrogen) atoms. The second-order valence-corrected chi connectivity index (χ2v) is 4.53. The predicted molar refractivity (Wildman–Crippen MR) is 64.8 cm³/mol. The van der Waals surface area contributed by atoms with E-state index >= 15 is 0 Å². The second kappa shape index (κ2) is 7.17. The molecule has 0 radical (unpaired) electrons. The fourth-order valence-corrected chi connectivity index (χ4v) is 0.947. The zero-order chi connectivity index (χ0) is 13.5. The molecule has 0 aliphatic rings. The summed E-state index contributed by atoms with van der Waals surface area (Å²) in [5, 5.41) is 2.49. The van der Waals surface area contributed by atoms with Crippen LogP contribution in [0.15, 0.2) is 11.6 Å². The Bertz CT molecular complexity index is 307. The summed E-state index contributed by atoms with van der Waals surface area (Å²) in [4.78, 5) is 22.4. The van der Waals surface area contributed by atoms with E-state index < -0.39 is 17.7 Å². The quantitative estimate of drug-likeness (QED) is 0.480. The highest BCUT2D eigenvalue weighted by atomic mass is 35.5. The highest BCUT2D eigenvalue weighted by Gasteiger charge is 2.15. The van der Waals surface area contributed by atoms with Gasteiger partial charge in [0.1, 0.15) is 5.60 Å². The third-order valence-corrected chi connectivity index (χ3v) is 1.67. The largest absolute Gasteiger partial charge is 0.446 e. The summed E-state index contributed by atoms with van der Waals surface area (Å²) in [6.07, 6.45) is 0.992. The molecule has 0 spiro atoms. The van der Waals surface area contributed by atoms with Gasteiger partial charge >= 0.3 is 12.1 Å². The van der Waals surface area contributed by atoms with Crippen molar-refractivity contribution in [2.24, 2.45) is 0 Å². The Labute approximate surface area is 106 Å². The molecule has 1 N–H and O–H groups in total. The van der Waals surface area contributed by atoms with Crippen molar-refractivity contribution in [1.82, 2.24) is 5.32 Å². The van der Waals surface area contributed by atoms with Crippen molar-refractivity contribution in [2.75, 3.05) is 12.6 Å². The topological polar surface area (TPSA) is 64.6 Å². The highest BCUT2D eigenvalue weighted by Crippen LogP contribution is 2.06. The third kappa shape index (κ3) is 8.56. The molecule has 0 aromatic rings. The van der Waals surface area contributed by atoms with Crippen molar-refractivity contribution in [3.8, 4) is 0 Å². The van der Waals surface area contributed by atoms with Gasteiger partial charge in [0, 0.05) is 12.1 Å². The molecule has 0 heterocycles. The van der Waals surface area contributed by atoms with Crippen LogP contribution in [0.4, 0.5) is 4.79 Å².